The van der Waals surface area contributed by atoms with E-state index in [0.717, 1.165) is 19.6 Å². The molecule has 3 heterocycles. The molecule has 3 aliphatic rings. The molecule has 6 nitrogen and oxygen atoms in total. The number of amides is 1. The molecule has 0 saturated carbocycles. The van der Waals surface area contributed by atoms with Gasteiger partial charge in [-0.3, -0.25) is 14.5 Å². The lowest BCUT2D eigenvalue weighted by Crippen LogP contribution is -2.52. The van der Waals surface area contributed by atoms with Crippen LogP contribution in [0.3, 0.4) is 0 Å². The predicted molar refractivity (Wildman–Crippen MR) is 90.7 cm³/mol. The summed E-state index contributed by atoms with van der Waals surface area (Å²) >= 11 is 0. The fourth-order valence-electron chi connectivity index (χ4n) is 4.08. The van der Waals surface area contributed by atoms with Gasteiger partial charge in [0.2, 0.25) is 5.91 Å². The number of hydrogen-bond donors (Lipinski definition) is 1. The summed E-state index contributed by atoms with van der Waals surface area (Å²) in [5, 5.41) is 9.47. The first-order valence-electron chi connectivity index (χ1n) is 8.75. The van der Waals surface area contributed by atoms with E-state index in [1.54, 1.807) is 11.0 Å². The molecule has 2 saturated heterocycles. The van der Waals surface area contributed by atoms with Gasteiger partial charge in [0.25, 0.3) is 0 Å². The van der Waals surface area contributed by atoms with Crippen LogP contribution in [-0.2, 0) is 20.9 Å². The van der Waals surface area contributed by atoms with Crippen LogP contribution in [-0.4, -0.2) is 65.2 Å². The maximum absolute atomic E-state index is 12.9. The number of carboxylic acid groups (broad SMARTS) is 1. The average Bonchev–Trinajstić information content (AvgIpc) is 3.24. The van der Waals surface area contributed by atoms with Crippen molar-refractivity contribution < 1.29 is 19.4 Å². The van der Waals surface area contributed by atoms with Crippen LogP contribution >= 0.6 is 0 Å². The van der Waals surface area contributed by atoms with E-state index in [1.165, 1.54) is 5.56 Å². The van der Waals surface area contributed by atoms with Crippen LogP contribution in [0.25, 0.3) is 0 Å². The van der Waals surface area contributed by atoms with E-state index in [0.29, 0.717) is 13.1 Å². The number of rotatable bonds is 4. The second-order valence-electron chi connectivity index (χ2n) is 6.93. The second kappa shape index (κ2) is 6.61. The molecule has 0 aromatic heterocycles. The van der Waals surface area contributed by atoms with Crippen LogP contribution in [0, 0.1) is 11.8 Å². The molecule has 6 heteroatoms. The molecule has 4 rings (SSSR count). The average molecular weight is 342 g/mol. The van der Waals surface area contributed by atoms with Crippen LogP contribution in [0.2, 0.25) is 0 Å². The van der Waals surface area contributed by atoms with Gasteiger partial charge in [0.15, 0.2) is 0 Å². The van der Waals surface area contributed by atoms with Gasteiger partial charge in [-0.15, -0.1) is 0 Å². The Morgan fingerprint density at radius 1 is 1.00 bits per heavy atom. The molecule has 0 unspecified atom stereocenters. The largest absolute Gasteiger partial charge is 0.481 e. The second-order valence-corrected chi connectivity index (χ2v) is 6.93. The zero-order valence-corrected chi connectivity index (χ0v) is 14.0. The Bertz CT molecular complexity index is 682. The standard InChI is InChI=1S/C19H22N2O4/c22-18(16-14-6-7-15(25-14)17(16)19(23)24)21-10-8-20(9-11-21)12-13-4-2-1-3-5-13/h1-7,14-17H,8-12H2,(H,23,24)/t14-,15-,16+,17-/m0/s1. The molecule has 0 radical (unpaired) electrons. The smallest absolute Gasteiger partial charge is 0.310 e. The van der Waals surface area contributed by atoms with E-state index >= 15 is 0 Å². The number of carbonyl (C=O) groups excluding carboxylic acids is 1. The first-order valence-corrected chi connectivity index (χ1v) is 8.75. The van der Waals surface area contributed by atoms with Crippen molar-refractivity contribution in [3.8, 4) is 0 Å². The number of piperazine rings is 1. The molecule has 132 valence electrons. The number of hydrogen-bond acceptors (Lipinski definition) is 4. The Kier molecular flexibility index (Phi) is 4.31. The maximum Gasteiger partial charge on any atom is 0.310 e. The highest BCUT2D eigenvalue weighted by Gasteiger charge is 2.54. The monoisotopic (exact) mass is 342 g/mol. The lowest BCUT2D eigenvalue weighted by atomic mass is 9.82. The lowest BCUT2D eigenvalue weighted by Gasteiger charge is -2.37. The molecule has 25 heavy (non-hydrogen) atoms. The molecular weight excluding hydrogens is 320 g/mol. The summed E-state index contributed by atoms with van der Waals surface area (Å²) in [6.45, 7) is 3.75. The van der Waals surface area contributed by atoms with Crippen molar-refractivity contribution in [2.75, 3.05) is 26.2 Å². The molecule has 1 amide bonds. The van der Waals surface area contributed by atoms with E-state index in [2.05, 4.69) is 17.0 Å². The molecule has 1 aromatic carbocycles. The van der Waals surface area contributed by atoms with Crippen molar-refractivity contribution in [1.82, 2.24) is 9.80 Å². The van der Waals surface area contributed by atoms with Gasteiger partial charge >= 0.3 is 5.97 Å². The Morgan fingerprint density at radius 3 is 2.28 bits per heavy atom. The Morgan fingerprint density at radius 2 is 1.64 bits per heavy atom. The van der Waals surface area contributed by atoms with E-state index in [4.69, 9.17) is 4.74 Å². The van der Waals surface area contributed by atoms with Gasteiger partial charge in [-0.05, 0) is 5.56 Å². The fraction of sp³-hybridized carbons (Fsp3) is 0.474. The first-order chi connectivity index (χ1) is 12.1. The van der Waals surface area contributed by atoms with Crippen molar-refractivity contribution in [2.45, 2.75) is 18.8 Å². The lowest BCUT2D eigenvalue weighted by molar-refractivity contribution is -0.150. The van der Waals surface area contributed by atoms with E-state index in [9.17, 15) is 14.7 Å². The molecule has 2 bridgehead atoms. The Hall–Kier alpha value is -2.18. The number of carboxylic acids is 1. The summed E-state index contributed by atoms with van der Waals surface area (Å²) in [5.41, 5.74) is 1.26. The van der Waals surface area contributed by atoms with Crippen LogP contribution in [0.5, 0.6) is 0 Å². The zero-order chi connectivity index (χ0) is 17.4. The van der Waals surface area contributed by atoms with Gasteiger partial charge in [0.05, 0.1) is 18.1 Å². The third-order valence-electron chi connectivity index (χ3n) is 5.40. The summed E-state index contributed by atoms with van der Waals surface area (Å²) in [4.78, 5) is 28.6. The van der Waals surface area contributed by atoms with Crippen molar-refractivity contribution in [2.24, 2.45) is 11.8 Å². The van der Waals surface area contributed by atoms with Gasteiger partial charge in [0.1, 0.15) is 5.92 Å². The fourth-order valence-corrected chi connectivity index (χ4v) is 4.08. The van der Waals surface area contributed by atoms with Gasteiger partial charge in [-0.1, -0.05) is 42.5 Å². The molecule has 3 aliphatic heterocycles. The normalized spacial score (nSPS) is 31.4. The number of ether oxygens (including phenoxy) is 1. The van der Waals surface area contributed by atoms with Gasteiger partial charge in [0, 0.05) is 32.7 Å². The van der Waals surface area contributed by atoms with Crippen LogP contribution in [0.1, 0.15) is 5.56 Å². The highest BCUT2D eigenvalue weighted by Crippen LogP contribution is 2.40. The number of aliphatic carboxylic acids is 1. The minimum atomic E-state index is -0.946. The molecule has 1 N–H and O–H groups in total. The van der Waals surface area contributed by atoms with E-state index in [1.807, 2.05) is 24.3 Å². The van der Waals surface area contributed by atoms with Crippen molar-refractivity contribution in [3.63, 3.8) is 0 Å². The predicted octanol–water partition coefficient (Wildman–Crippen LogP) is 0.985. The summed E-state index contributed by atoms with van der Waals surface area (Å²) in [7, 11) is 0. The molecule has 0 spiro atoms. The topological polar surface area (TPSA) is 70.1 Å². The van der Waals surface area contributed by atoms with Crippen LogP contribution in [0.4, 0.5) is 0 Å². The minimum Gasteiger partial charge on any atom is -0.481 e. The van der Waals surface area contributed by atoms with Crippen molar-refractivity contribution in [3.05, 3.63) is 48.0 Å². The summed E-state index contributed by atoms with van der Waals surface area (Å²) < 4.78 is 5.62. The number of benzene rings is 1. The van der Waals surface area contributed by atoms with E-state index < -0.39 is 23.9 Å². The molecular formula is C19H22N2O4. The Balaban J connectivity index is 1.37. The van der Waals surface area contributed by atoms with Gasteiger partial charge in [-0.2, -0.15) is 0 Å². The SMILES string of the molecule is O=C(O)[C@@H]1[C@H](C(=O)N2CCN(Cc3ccccc3)CC2)[C@@H]2C=C[C@@H]1O2. The van der Waals surface area contributed by atoms with Crippen LogP contribution in [0.15, 0.2) is 42.5 Å². The number of carbonyl (C=O) groups is 2. The third kappa shape index (κ3) is 3.07. The van der Waals surface area contributed by atoms with Crippen molar-refractivity contribution in [1.29, 1.82) is 0 Å². The third-order valence-corrected chi connectivity index (χ3v) is 5.40. The highest BCUT2D eigenvalue weighted by atomic mass is 16.5. The number of nitrogens with zero attached hydrogens (tertiary/aromatic N) is 2. The molecule has 0 aliphatic carbocycles. The minimum absolute atomic E-state index is 0.0800. The maximum atomic E-state index is 12.9. The first kappa shape index (κ1) is 16.3. The van der Waals surface area contributed by atoms with Crippen LogP contribution < -0.4 is 0 Å². The quantitative estimate of drug-likeness (QED) is 0.826. The highest BCUT2D eigenvalue weighted by molar-refractivity contribution is 5.87. The molecule has 4 atom stereocenters. The summed E-state index contributed by atoms with van der Waals surface area (Å²) in [6, 6.07) is 10.3. The molecule has 2 fully saturated rings. The molecule has 1 aromatic rings. The van der Waals surface area contributed by atoms with Gasteiger partial charge in [-0.25, -0.2) is 0 Å². The van der Waals surface area contributed by atoms with E-state index in [-0.39, 0.29) is 12.0 Å². The summed E-state index contributed by atoms with van der Waals surface area (Å²) in [5.74, 6) is -2.38. The number of fused-ring (bicyclic) bond motifs is 2. The van der Waals surface area contributed by atoms with Crippen molar-refractivity contribution >= 4 is 11.9 Å². The zero-order valence-electron chi connectivity index (χ0n) is 14.0. The summed E-state index contributed by atoms with van der Waals surface area (Å²) in [6.07, 6.45) is 2.75. The Labute approximate surface area is 146 Å². The van der Waals surface area contributed by atoms with Gasteiger partial charge < -0.3 is 14.7 Å².